The summed E-state index contributed by atoms with van der Waals surface area (Å²) in [5, 5.41) is 0.862. The predicted molar refractivity (Wildman–Crippen MR) is 110 cm³/mol. The monoisotopic (exact) mass is 411 g/mol. The highest BCUT2D eigenvalue weighted by molar-refractivity contribution is 5.93. The van der Waals surface area contributed by atoms with Gasteiger partial charge in [-0.3, -0.25) is 0 Å². The lowest BCUT2D eigenvalue weighted by atomic mass is 9.99. The highest BCUT2D eigenvalue weighted by Gasteiger charge is 2.34. The van der Waals surface area contributed by atoms with Crippen LogP contribution >= 0.6 is 0 Å². The number of halogens is 3. The van der Waals surface area contributed by atoms with E-state index < -0.39 is 17.3 Å². The van der Waals surface area contributed by atoms with Crippen molar-refractivity contribution in [2.24, 2.45) is 0 Å². The molecule has 0 amide bonds. The lowest BCUT2D eigenvalue weighted by Crippen LogP contribution is -2.23. The van der Waals surface area contributed by atoms with Crippen LogP contribution in [0.4, 0.5) is 13.2 Å². The molecule has 4 aromatic rings. The first-order valence-electron chi connectivity index (χ1n) is 9.42. The Morgan fingerprint density at radius 1 is 0.933 bits per heavy atom. The highest BCUT2D eigenvalue weighted by Crippen LogP contribution is 2.39. The molecule has 3 heterocycles. The lowest BCUT2D eigenvalue weighted by Gasteiger charge is -2.22. The van der Waals surface area contributed by atoms with E-state index >= 15 is 0 Å². The van der Waals surface area contributed by atoms with Crippen LogP contribution in [0.15, 0.2) is 60.9 Å². The van der Waals surface area contributed by atoms with Gasteiger partial charge in [-0.05, 0) is 56.2 Å². The number of hydrogen-bond donors (Lipinski definition) is 1. The van der Waals surface area contributed by atoms with Gasteiger partial charge in [0.15, 0.2) is 0 Å². The molecular formula is C23H20F3N3O. The third kappa shape index (κ3) is 4.01. The second-order valence-electron chi connectivity index (χ2n) is 7.94. The average Bonchev–Trinajstić information content (AvgIpc) is 3.14. The maximum Gasteiger partial charge on any atom is 0.417 e. The van der Waals surface area contributed by atoms with E-state index in [4.69, 9.17) is 4.74 Å². The summed E-state index contributed by atoms with van der Waals surface area (Å²) in [4.78, 5) is 11.7. The number of rotatable bonds is 3. The SMILES string of the molecule is CC(C)(C)Oc1cc(-c2ccnc3[nH]ccc23)cc(-c2ccccc2C(F)(F)F)n1. The van der Waals surface area contributed by atoms with Crippen LogP contribution in [0.1, 0.15) is 26.3 Å². The van der Waals surface area contributed by atoms with Crippen LogP contribution in [0.2, 0.25) is 0 Å². The summed E-state index contributed by atoms with van der Waals surface area (Å²) in [7, 11) is 0. The van der Waals surface area contributed by atoms with Crippen LogP contribution in [0.25, 0.3) is 33.4 Å². The van der Waals surface area contributed by atoms with Crippen molar-refractivity contribution in [3.05, 3.63) is 66.5 Å². The molecule has 1 aromatic carbocycles. The zero-order chi connectivity index (χ0) is 21.5. The van der Waals surface area contributed by atoms with E-state index in [1.807, 2.05) is 32.9 Å². The number of pyridine rings is 2. The number of aromatic nitrogens is 3. The molecular weight excluding hydrogens is 391 g/mol. The standard InChI is InChI=1S/C23H20F3N3O/c1-22(2,3)30-20-13-14(15-8-10-27-21-16(15)9-11-28-21)12-19(29-20)17-6-4-5-7-18(17)23(24,25)26/h4-13H,1-3H3,(H,27,28). The van der Waals surface area contributed by atoms with Gasteiger partial charge in [0.05, 0.1) is 11.3 Å². The number of alkyl halides is 3. The number of H-pyrrole nitrogens is 1. The van der Waals surface area contributed by atoms with Gasteiger partial charge in [0.25, 0.3) is 0 Å². The van der Waals surface area contributed by atoms with Gasteiger partial charge in [-0.25, -0.2) is 9.97 Å². The van der Waals surface area contributed by atoms with Gasteiger partial charge >= 0.3 is 6.18 Å². The Balaban J connectivity index is 1.96. The first-order chi connectivity index (χ1) is 14.1. The Morgan fingerprint density at radius 2 is 1.70 bits per heavy atom. The minimum atomic E-state index is -4.50. The van der Waals surface area contributed by atoms with Gasteiger partial charge in [0, 0.05) is 29.4 Å². The molecule has 1 N–H and O–H groups in total. The van der Waals surface area contributed by atoms with E-state index in [0.29, 0.717) is 11.2 Å². The van der Waals surface area contributed by atoms with Gasteiger partial charge in [-0.15, -0.1) is 0 Å². The first-order valence-corrected chi connectivity index (χ1v) is 9.42. The van der Waals surface area contributed by atoms with Crippen LogP contribution in [0.5, 0.6) is 5.88 Å². The summed E-state index contributed by atoms with van der Waals surface area (Å²) in [6, 6.07) is 12.5. The summed E-state index contributed by atoms with van der Waals surface area (Å²) >= 11 is 0. The smallest absolute Gasteiger partial charge is 0.417 e. The van der Waals surface area contributed by atoms with Crippen molar-refractivity contribution in [1.29, 1.82) is 0 Å². The van der Waals surface area contributed by atoms with E-state index in [9.17, 15) is 13.2 Å². The topological polar surface area (TPSA) is 50.8 Å². The fourth-order valence-electron chi connectivity index (χ4n) is 3.33. The zero-order valence-electron chi connectivity index (χ0n) is 16.7. The molecule has 7 heteroatoms. The molecule has 4 nitrogen and oxygen atoms in total. The zero-order valence-corrected chi connectivity index (χ0v) is 16.7. The van der Waals surface area contributed by atoms with E-state index in [2.05, 4.69) is 15.0 Å². The molecule has 0 bridgehead atoms. The molecule has 0 fully saturated rings. The molecule has 4 rings (SSSR count). The van der Waals surface area contributed by atoms with Crippen molar-refractivity contribution in [2.45, 2.75) is 32.5 Å². The number of ether oxygens (including phenoxy) is 1. The Kier molecular flexibility index (Phi) is 4.76. The van der Waals surface area contributed by atoms with E-state index in [-0.39, 0.29) is 17.1 Å². The second-order valence-corrected chi connectivity index (χ2v) is 7.94. The van der Waals surface area contributed by atoms with E-state index in [1.54, 1.807) is 30.6 Å². The summed E-state index contributed by atoms with van der Waals surface area (Å²) < 4.78 is 46.8. The van der Waals surface area contributed by atoms with Gasteiger partial charge in [-0.2, -0.15) is 13.2 Å². The third-order valence-corrected chi connectivity index (χ3v) is 4.49. The molecule has 3 aromatic heterocycles. The fourth-order valence-corrected chi connectivity index (χ4v) is 3.33. The molecule has 0 saturated carbocycles. The van der Waals surface area contributed by atoms with E-state index in [0.717, 1.165) is 17.0 Å². The molecule has 0 unspecified atom stereocenters. The molecule has 0 atom stereocenters. The number of benzene rings is 1. The Bertz CT molecular complexity index is 1210. The molecule has 154 valence electrons. The molecule has 0 spiro atoms. The van der Waals surface area contributed by atoms with Crippen molar-refractivity contribution in [3.8, 4) is 28.3 Å². The molecule has 0 radical (unpaired) electrons. The Hall–Kier alpha value is -3.35. The van der Waals surface area contributed by atoms with Crippen LogP contribution in [-0.2, 0) is 6.18 Å². The maximum atomic E-state index is 13.6. The summed E-state index contributed by atoms with van der Waals surface area (Å²) in [6.45, 7) is 5.59. The molecule has 0 saturated heterocycles. The fraction of sp³-hybridized carbons (Fsp3) is 0.217. The van der Waals surface area contributed by atoms with E-state index in [1.165, 1.54) is 12.1 Å². The molecule has 0 aliphatic heterocycles. The number of nitrogens with zero attached hydrogens (tertiary/aromatic N) is 2. The quantitative estimate of drug-likeness (QED) is 0.419. The van der Waals surface area contributed by atoms with Crippen LogP contribution in [-0.4, -0.2) is 20.6 Å². The summed E-state index contributed by atoms with van der Waals surface area (Å²) in [5.41, 5.74) is 1.12. The summed E-state index contributed by atoms with van der Waals surface area (Å²) in [6.07, 6.45) is -1.07. The molecule has 0 aliphatic carbocycles. The van der Waals surface area contributed by atoms with Gasteiger partial charge in [0.1, 0.15) is 11.2 Å². The highest BCUT2D eigenvalue weighted by atomic mass is 19.4. The van der Waals surface area contributed by atoms with Crippen molar-refractivity contribution in [2.75, 3.05) is 0 Å². The minimum Gasteiger partial charge on any atom is -0.472 e. The summed E-state index contributed by atoms with van der Waals surface area (Å²) in [5.74, 6) is 0.257. The number of nitrogens with one attached hydrogen (secondary N) is 1. The van der Waals surface area contributed by atoms with Gasteiger partial charge in [0.2, 0.25) is 5.88 Å². The lowest BCUT2D eigenvalue weighted by molar-refractivity contribution is -0.137. The van der Waals surface area contributed by atoms with Crippen LogP contribution in [0, 0.1) is 0 Å². The van der Waals surface area contributed by atoms with Crippen molar-refractivity contribution < 1.29 is 17.9 Å². The van der Waals surface area contributed by atoms with Crippen LogP contribution < -0.4 is 4.74 Å². The van der Waals surface area contributed by atoms with Crippen molar-refractivity contribution >= 4 is 11.0 Å². The van der Waals surface area contributed by atoms with Crippen molar-refractivity contribution in [1.82, 2.24) is 15.0 Å². The molecule has 30 heavy (non-hydrogen) atoms. The second kappa shape index (κ2) is 7.16. The first kappa shape index (κ1) is 19.9. The van der Waals surface area contributed by atoms with Gasteiger partial charge < -0.3 is 9.72 Å². The largest absolute Gasteiger partial charge is 0.472 e. The number of aromatic amines is 1. The average molecular weight is 411 g/mol. The number of hydrogen-bond acceptors (Lipinski definition) is 3. The minimum absolute atomic E-state index is 0.00461. The Labute approximate surface area is 171 Å². The number of fused-ring (bicyclic) bond motifs is 1. The van der Waals surface area contributed by atoms with Gasteiger partial charge in [-0.1, -0.05) is 18.2 Å². The normalized spacial score (nSPS) is 12.3. The van der Waals surface area contributed by atoms with Crippen LogP contribution in [0.3, 0.4) is 0 Å². The predicted octanol–water partition coefficient (Wildman–Crippen LogP) is 6.49. The maximum absolute atomic E-state index is 13.6. The van der Waals surface area contributed by atoms with Crippen molar-refractivity contribution in [3.63, 3.8) is 0 Å². The third-order valence-electron chi connectivity index (χ3n) is 4.49. The Morgan fingerprint density at radius 3 is 2.43 bits per heavy atom. The molecule has 0 aliphatic rings.